The van der Waals surface area contributed by atoms with Gasteiger partial charge in [0, 0.05) is 22.3 Å². The maximum Gasteiger partial charge on any atom is 0.259 e. The summed E-state index contributed by atoms with van der Waals surface area (Å²) in [5, 5.41) is 13.8. The Morgan fingerprint density at radius 1 is 1.00 bits per heavy atom. The van der Waals surface area contributed by atoms with Gasteiger partial charge in [-0.25, -0.2) is 0 Å². The number of aromatic nitrogens is 1. The normalized spacial score (nSPS) is 10.7. The highest BCUT2D eigenvalue weighted by atomic mass is 35.5. The third-order valence-corrected chi connectivity index (χ3v) is 5.95. The summed E-state index contributed by atoms with van der Waals surface area (Å²) in [6.07, 6.45) is 2.98. The van der Waals surface area contributed by atoms with Crippen molar-refractivity contribution in [2.45, 2.75) is 9.79 Å². The van der Waals surface area contributed by atoms with Crippen LogP contribution in [0.4, 0.5) is 5.69 Å². The topological polar surface area (TPSA) is 62.2 Å². The summed E-state index contributed by atoms with van der Waals surface area (Å²) in [7, 11) is 0. The number of nitrogens with one attached hydrogen (secondary N) is 1. The van der Waals surface area contributed by atoms with Gasteiger partial charge in [-0.1, -0.05) is 70.3 Å². The monoisotopic (exact) mass is 458 g/mol. The summed E-state index contributed by atoms with van der Waals surface area (Å²) in [5.41, 5.74) is 0.472. The molecular weight excluding hydrogens is 450 g/mol. The second-order valence-electron chi connectivity index (χ2n) is 5.27. The number of phenolic OH excluding ortho intramolecular Hbond substituents is 1. The molecule has 2 N–H and O–H groups in total. The van der Waals surface area contributed by atoms with Crippen molar-refractivity contribution < 1.29 is 9.90 Å². The van der Waals surface area contributed by atoms with Crippen molar-refractivity contribution in [2.24, 2.45) is 0 Å². The van der Waals surface area contributed by atoms with Gasteiger partial charge in [0.15, 0.2) is 0 Å². The molecule has 138 valence electrons. The summed E-state index contributed by atoms with van der Waals surface area (Å²) in [6, 6.07) is 9.79. The van der Waals surface area contributed by atoms with Gasteiger partial charge in [-0.15, -0.1) is 0 Å². The number of hydrogen-bond donors (Lipinski definition) is 2. The van der Waals surface area contributed by atoms with Crippen LogP contribution in [0.1, 0.15) is 10.4 Å². The lowest BCUT2D eigenvalue weighted by molar-refractivity contribution is 0.102. The Bertz CT molecular complexity index is 1010. The first-order valence-corrected chi connectivity index (χ1v) is 9.75. The second kappa shape index (κ2) is 8.59. The zero-order valence-corrected chi connectivity index (χ0v) is 17.2. The van der Waals surface area contributed by atoms with Gasteiger partial charge in [0.1, 0.15) is 5.75 Å². The first-order chi connectivity index (χ1) is 12.9. The van der Waals surface area contributed by atoms with Crippen LogP contribution in [0.3, 0.4) is 0 Å². The van der Waals surface area contributed by atoms with E-state index in [9.17, 15) is 9.90 Å². The van der Waals surface area contributed by atoms with Gasteiger partial charge in [0.05, 0.1) is 31.2 Å². The minimum Gasteiger partial charge on any atom is -0.506 e. The number of carbonyl (C=O) groups excluding carboxylic acids is 1. The summed E-state index contributed by atoms with van der Waals surface area (Å²) in [5.74, 6) is -0.902. The predicted octanol–water partition coefficient (Wildman–Crippen LogP) is 6.80. The van der Waals surface area contributed by atoms with E-state index in [0.717, 1.165) is 0 Å². The average molecular weight is 460 g/mol. The maximum atomic E-state index is 12.6. The number of amides is 1. The molecular formula is C18H10Cl4N2O2S. The zero-order valence-electron chi connectivity index (χ0n) is 13.3. The maximum absolute atomic E-state index is 12.6. The fourth-order valence-corrected chi connectivity index (χ4v) is 4.18. The molecule has 0 atom stereocenters. The molecule has 0 saturated carbocycles. The van der Waals surface area contributed by atoms with Crippen molar-refractivity contribution in [1.29, 1.82) is 0 Å². The Morgan fingerprint density at radius 3 is 2.37 bits per heavy atom. The highest BCUT2D eigenvalue weighted by molar-refractivity contribution is 7.99. The van der Waals surface area contributed by atoms with Crippen LogP contribution in [0.15, 0.2) is 58.6 Å². The van der Waals surface area contributed by atoms with Gasteiger partial charge in [0.2, 0.25) is 0 Å². The van der Waals surface area contributed by atoms with Crippen LogP contribution in [0.2, 0.25) is 20.1 Å². The lowest BCUT2D eigenvalue weighted by Crippen LogP contribution is -2.13. The number of carbonyl (C=O) groups is 1. The standard InChI is InChI=1S/C18H10Cl4N2O2S/c19-9-5-10(16(25)11(20)6-9)18(26)24-14-3-1-2-4-15(14)27-17-12(21)7-23-8-13(17)22/h1-8,25H,(H,24,26). The number of halogens is 4. The van der Waals surface area contributed by atoms with Crippen LogP contribution >= 0.6 is 58.2 Å². The number of pyridine rings is 1. The Labute approximate surface area is 179 Å². The van der Waals surface area contributed by atoms with Crippen molar-refractivity contribution in [2.75, 3.05) is 5.32 Å². The van der Waals surface area contributed by atoms with Crippen LogP contribution in [0, 0.1) is 0 Å². The Hall–Kier alpha value is -1.63. The molecule has 9 heteroatoms. The molecule has 2 aromatic carbocycles. The van der Waals surface area contributed by atoms with E-state index in [1.54, 1.807) is 18.2 Å². The number of anilines is 1. The molecule has 1 amide bonds. The molecule has 1 aromatic heterocycles. The molecule has 0 unspecified atom stereocenters. The molecule has 1 heterocycles. The average Bonchev–Trinajstić information content (AvgIpc) is 2.62. The molecule has 0 bridgehead atoms. The third kappa shape index (κ3) is 4.62. The van der Waals surface area contributed by atoms with E-state index in [2.05, 4.69) is 10.3 Å². The molecule has 3 rings (SSSR count). The Kier molecular flexibility index (Phi) is 6.40. The molecule has 0 fully saturated rings. The van der Waals surface area contributed by atoms with Crippen LogP contribution in [0.5, 0.6) is 5.75 Å². The van der Waals surface area contributed by atoms with E-state index in [0.29, 0.717) is 25.5 Å². The van der Waals surface area contributed by atoms with E-state index in [1.807, 2.05) is 6.07 Å². The van der Waals surface area contributed by atoms with Crippen molar-refractivity contribution in [1.82, 2.24) is 4.98 Å². The van der Waals surface area contributed by atoms with Gasteiger partial charge in [-0.3, -0.25) is 9.78 Å². The molecule has 4 nitrogen and oxygen atoms in total. The van der Waals surface area contributed by atoms with Crippen molar-refractivity contribution in [3.63, 3.8) is 0 Å². The van der Waals surface area contributed by atoms with Crippen molar-refractivity contribution in [3.8, 4) is 5.75 Å². The van der Waals surface area contributed by atoms with Crippen LogP contribution in [0.25, 0.3) is 0 Å². The molecule has 3 aromatic rings. The predicted molar refractivity (Wildman–Crippen MR) is 111 cm³/mol. The molecule has 0 aliphatic carbocycles. The SMILES string of the molecule is O=C(Nc1ccccc1Sc1c(Cl)cncc1Cl)c1cc(Cl)cc(Cl)c1O. The van der Waals surface area contributed by atoms with Gasteiger partial charge < -0.3 is 10.4 Å². The summed E-state index contributed by atoms with van der Waals surface area (Å²) >= 11 is 25.4. The lowest BCUT2D eigenvalue weighted by atomic mass is 10.2. The molecule has 0 saturated heterocycles. The molecule has 0 aliphatic rings. The van der Waals surface area contributed by atoms with Gasteiger partial charge in [0.25, 0.3) is 5.91 Å². The first-order valence-electron chi connectivity index (χ1n) is 7.42. The summed E-state index contributed by atoms with van der Waals surface area (Å²) in [6.45, 7) is 0. The number of para-hydroxylation sites is 1. The van der Waals surface area contributed by atoms with Crippen LogP contribution < -0.4 is 5.32 Å². The number of nitrogens with zero attached hydrogens (tertiary/aromatic N) is 1. The van der Waals surface area contributed by atoms with Gasteiger partial charge in [-0.05, 0) is 24.3 Å². The summed E-state index contributed by atoms with van der Waals surface area (Å²) < 4.78 is 0. The quantitative estimate of drug-likeness (QED) is 0.450. The van der Waals surface area contributed by atoms with E-state index in [1.165, 1.54) is 36.3 Å². The zero-order chi connectivity index (χ0) is 19.6. The fourth-order valence-electron chi connectivity index (χ4n) is 2.19. The van der Waals surface area contributed by atoms with E-state index < -0.39 is 5.91 Å². The van der Waals surface area contributed by atoms with Crippen LogP contribution in [-0.4, -0.2) is 16.0 Å². The Morgan fingerprint density at radius 2 is 1.67 bits per heavy atom. The molecule has 0 radical (unpaired) electrons. The number of phenols is 1. The van der Waals surface area contributed by atoms with Crippen molar-refractivity contribution in [3.05, 3.63) is 74.4 Å². The first kappa shape index (κ1) is 20.1. The minimum atomic E-state index is -0.558. The number of rotatable bonds is 4. The summed E-state index contributed by atoms with van der Waals surface area (Å²) in [4.78, 5) is 17.9. The van der Waals surface area contributed by atoms with E-state index in [-0.39, 0.29) is 21.4 Å². The second-order valence-corrected chi connectivity index (χ2v) is 7.98. The van der Waals surface area contributed by atoms with Gasteiger partial charge in [-0.2, -0.15) is 0 Å². The highest BCUT2D eigenvalue weighted by Gasteiger charge is 2.18. The Balaban J connectivity index is 1.92. The smallest absolute Gasteiger partial charge is 0.259 e. The van der Waals surface area contributed by atoms with E-state index >= 15 is 0 Å². The fraction of sp³-hybridized carbons (Fsp3) is 0. The number of benzene rings is 2. The molecule has 0 aliphatic heterocycles. The van der Waals surface area contributed by atoms with Crippen molar-refractivity contribution >= 4 is 69.8 Å². The van der Waals surface area contributed by atoms with Crippen LogP contribution in [-0.2, 0) is 0 Å². The van der Waals surface area contributed by atoms with E-state index in [4.69, 9.17) is 46.4 Å². The largest absolute Gasteiger partial charge is 0.506 e. The number of aromatic hydroxyl groups is 1. The third-order valence-electron chi connectivity index (χ3n) is 3.43. The molecule has 27 heavy (non-hydrogen) atoms. The lowest BCUT2D eigenvalue weighted by Gasteiger charge is -2.13. The highest BCUT2D eigenvalue weighted by Crippen LogP contribution is 2.41. The number of hydrogen-bond acceptors (Lipinski definition) is 4. The molecule has 0 spiro atoms. The minimum absolute atomic E-state index is 0.00865. The van der Waals surface area contributed by atoms with Gasteiger partial charge >= 0.3 is 0 Å².